The minimum atomic E-state index is -0.863. The fourth-order valence-electron chi connectivity index (χ4n) is 2.00. The van der Waals surface area contributed by atoms with Gasteiger partial charge in [-0.2, -0.15) is 0 Å². The maximum atomic E-state index is 13.7. The minimum absolute atomic E-state index is 0.197. The zero-order chi connectivity index (χ0) is 15.2. The number of ether oxygens (including phenoxy) is 1. The van der Waals surface area contributed by atoms with Gasteiger partial charge in [0.1, 0.15) is 5.75 Å². The highest BCUT2D eigenvalue weighted by atomic mass is 19.2. The van der Waals surface area contributed by atoms with Crippen molar-refractivity contribution in [2.45, 2.75) is 25.8 Å². The first-order valence-corrected chi connectivity index (χ1v) is 6.88. The van der Waals surface area contributed by atoms with Gasteiger partial charge in [-0.05, 0) is 36.1 Å². The molecular weight excluding hydrogens is 274 g/mol. The van der Waals surface area contributed by atoms with Crippen LogP contribution < -0.4 is 10.5 Å². The lowest BCUT2D eigenvalue weighted by molar-refractivity contribution is 0.315. The third kappa shape index (κ3) is 3.98. The van der Waals surface area contributed by atoms with Crippen LogP contribution in [0.15, 0.2) is 36.7 Å². The molecule has 0 spiro atoms. The number of benzene rings is 1. The van der Waals surface area contributed by atoms with E-state index in [4.69, 9.17) is 10.5 Å². The van der Waals surface area contributed by atoms with Gasteiger partial charge in [0.25, 0.3) is 0 Å². The molecule has 0 aliphatic carbocycles. The molecule has 2 aromatic rings. The Labute approximate surface area is 122 Å². The zero-order valence-electron chi connectivity index (χ0n) is 11.9. The number of hydrogen-bond donors (Lipinski definition) is 1. The van der Waals surface area contributed by atoms with Crippen molar-refractivity contribution in [1.82, 2.24) is 4.98 Å². The Morgan fingerprint density at radius 3 is 2.86 bits per heavy atom. The van der Waals surface area contributed by atoms with Crippen LogP contribution in [0.1, 0.15) is 30.5 Å². The largest absolute Gasteiger partial charge is 0.492 e. The van der Waals surface area contributed by atoms with Gasteiger partial charge in [0.05, 0.1) is 12.8 Å². The smallest absolute Gasteiger partial charge is 0.162 e. The van der Waals surface area contributed by atoms with E-state index in [9.17, 15) is 8.78 Å². The summed E-state index contributed by atoms with van der Waals surface area (Å²) in [4.78, 5) is 4.07. The molecule has 1 aromatic carbocycles. The molecule has 5 heteroatoms. The van der Waals surface area contributed by atoms with Crippen LogP contribution in [-0.4, -0.2) is 11.6 Å². The van der Waals surface area contributed by atoms with E-state index in [1.54, 1.807) is 18.5 Å². The Morgan fingerprint density at radius 1 is 1.29 bits per heavy atom. The number of rotatable bonds is 6. The number of halogens is 2. The SMILES string of the molecule is CCCOc1cncc(C(N)Cc2cccc(F)c2F)c1. The van der Waals surface area contributed by atoms with Gasteiger partial charge < -0.3 is 10.5 Å². The quantitative estimate of drug-likeness (QED) is 0.887. The molecule has 2 rings (SSSR count). The fourth-order valence-corrected chi connectivity index (χ4v) is 2.00. The van der Waals surface area contributed by atoms with Gasteiger partial charge in [0.15, 0.2) is 11.6 Å². The van der Waals surface area contributed by atoms with Gasteiger partial charge in [-0.25, -0.2) is 8.78 Å². The minimum Gasteiger partial charge on any atom is -0.492 e. The van der Waals surface area contributed by atoms with Crippen LogP contribution >= 0.6 is 0 Å². The van der Waals surface area contributed by atoms with Crippen LogP contribution in [0.25, 0.3) is 0 Å². The standard InChI is InChI=1S/C16H18F2N2O/c1-2-6-21-13-7-12(9-20-10-13)15(19)8-11-4-3-5-14(17)16(11)18/h3-5,7,9-10,15H,2,6,8,19H2,1H3. The average molecular weight is 292 g/mol. The normalized spacial score (nSPS) is 12.2. The van der Waals surface area contributed by atoms with Crippen molar-refractivity contribution in [3.05, 3.63) is 59.4 Å². The molecule has 1 aromatic heterocycles. The summed E-state index contributed by atoms with van der Waals surface area (Å²) < 4.78 is 32.3. The van der Waals surface area contributed by atoms with Gasteiger partial charge in [0, 0.05) is 12.2 Å². The van der Waals surface area contributed by atoms with Gasteiger partial charge in [-0.3, -0.25) is 4.98 Å². The van der Waals surface area contributed by atoms with Crippen molar-refractivity contribution >= 4 is 0 Å². The first-order chi connectivity index (χ1) is 10.1. The number of nitrogens with zero attached hydrogens (tertiary/aromatic N) is 1. The molecule has 0 aliphatic rings. The van der Waals surface area contributed by atoms with Crippen molar-refractivity contribution in [3.8, 4) is 5.75 Å². The van der Waals surface area contributed by atoms with Crippen molar-refractivity contribution in [2.24, 2.45) is 5.73 Å². The topological polar surface area (TPSA) is 48.1 Å². The Kier molecular flexibility index (Phi) is 5.22. The summed E-state index contributed by atoms with van der Waals surface area (Å²) in [6.45, 7) is 2.61. The summed E-state index contributed by atoms with van der Waals surface area (Å²) in [5.41, 5.74) is 7.04. The summed E-state index contributed by atoms with van der Waals surface area (Å²) in [7, 11) is 0. The molecule has 112 valence electrons. The third-order valence-corrected chi connectivity index (χ3v) is 3.11. The summed E-state index contributed by atoms with van der Waals surface area (Å²) >= 11 is 0. The van der Waals surface area contributed by atoms with Crippen LogP contribution in [0.2, 0.25) is 0 Å². The lowest BCUT2D eigenvalue weighted by atomic mass is 10.0. The molecule has 0 radical (unpaired) electrons. The highest BCUT2D eigenvalue weighted by molar-refractivity contribution is 5.28. The van der Waals surface area contributed by atoms with E-state index >= 15 is 0 Å². The van der Waals surface area contributed by atoms with Gasteiger partial charge >= 0.3 is 0 Å². The Bertz CT molecular complexity index is 605. The maximum Gasteiger partial charge on any atom is 0.162 e. The van der Waals surface area contributed by atoms with Crippen LogP contribution in [0, 0.1) is 11.6 Å². The number of nitrogens with two attached hydrogens (primary N) is 1. The predicted octanol–water partition coefficient (Wildman–Crippen LogP) is 3.39. The highest BCUT2D eigenvalue weighted by Crippen LogP contribution is 2.22. The first kappa shape index (κ1) is 15.4. The molecule has 0 saturated heterocycles. The summed E-state index contributed by atoms with van der Waals surface area (Å²) in [5, 5.41) is 0. The second-order valence-electron chi connectivity index (χ2n) is 4.83. The molecule has 0 fully saturated rings. The molecule has 21 heavy (non-hydrogen) atoms. The maximum absolute atomic E-state index is 13.7. The lowest BCUT2D eigenvalue weighted by Crippen LogP contribution is -2.15. The fraction of sp³-hybridized carbons (Fsp3) is 0.312. The summed E-state index contributed by atoms with van der Waals surface area (Å²) in [5.74, 6) is -1.08. The van der Waals surface area contributed by atoms with Crippen molar-refractivity contribution in [2.75, 3.05) is 6.61 Å². The van der Waals surface area contributed by atoms with Gasteiger partial charge in [-0.1, -0.05) is 19.1 Å². The second kappa shape index (κ2) is 7.13. The monoisotopic (exact) mass is 292 g/mol. The van der Waals surface area contributed by atoms with Crippen molar-refractivity contribution in [1.29, 1.82) is 0 Å². The van der Waals surface area contributed by atoms with E-state index in [-0.39, 0.29) is 12.0 Å². The van der Waals surface area contributed by atoms with Crippen LogP contribution in [0.3, 0.4) is 0 Å². The summed E-state index contributed by atoms with van der Waals surface area (Å²) in [6, 6.07) is 5.40. The van der Waals surface area contributed by atoms with Crippen molar-refractivity contribution in [3.63, 3.8) is 0 Å². The van der Waals surface area contributed by atoms with Crippen LogP contribution in [0.4, 0.5) is 8.78 Å². The third-order valence-electron chi connectivity index (χ3n) is 3.11. The Hall–Kier alpha value is -2.01. The molecule has 0 bridgehead atoms. The summed E-state index contributed by atoms with van der Waals surface area (Å²) in [6.07, 6.45) is 4.31. The number of hydrogen-bond acceptors (Lipinski definition) is 3. The Morgan fingerprint density at radius 2 is 2.10 bits per heavy atom. The van der Waals surface area contributed by atoms with E-state index in [1.165, 1.54) is 12.1 Å². The zero-order valence-corrected chi connectivity index (χ0v) is 11.9. The first-order valence-electron chi connectivity index (χ1n) is 6.88. The van der Waals surface area contributed by atoms with Gasteiger partial charge in [-0.15, -0.1) is 0 Å². The van der Waals surface area contributed by atoms with E-state index < -0.39 is 17.7 Å². The molecule has 1 atom stereocenters. The number of aromatic nitrogens is 1. The molecule has 1 unspecified atom stereocenters. The van der Waals surface area contributed by atoms with E-state index in [0.29, 0.717) is 12.4 Å². The molecule has 2 N–H and O–H groups in total. The van der Waals surface area contributed by atoms with E-state index in [1.807, 2.05) is 6.92 Å². The van der Waals surface area contributed by atoms with E-state index in [2.05, 4.69) is 4.98 Å². The molecule has 0 saturated carbocycles. The van der Waals surface area contributed by atoms with Crippen LogP contribution in [0.5, 0.6) is 5.75 Å². The molecular formula is C16H18F2N2O. The second-order valence-corrected chi connectivity index (χ2v) is 4.83. The van der Waals surface area contributed by atoms with Gasteiger partial charge in [0.2, 0.25) is 0 Å². The van der Waals surface area contributed by atoms with Crippen molar-refractivity contribution < 1.29 is 13.5 Å². The Balaban J connectivity index is 2.12. The molecule has 1 heterocycles. The molecule has 0 amide bonds. The molecule has 3 nitrogen and oxygen atoms in total. The number of pyridine rings is 1. The lowest BCUT2D eigenvalue weighted by Gasteiger charge is -2.14. The average Bonchev–Trinajstić information content (AvgIpc) is 2.50. The van der Waals surface area contributed by atoms with Crippen LogP contribution in [-0.2, 0) is 6.42 Å². The predicted molar refractivity (Wildman–Crippen MR) is 77.0 cm³/mol. The highest BCUT2D eigenvalue weighted by Gasteiger charge is 2.14. The molecule has 0 aliphatic heterocycles. The van der Waals surface area contributed by atoms with E-state index in [0.717, 1.165) is 18.1 Å².